The van der Waals surface area contributed by atoms with Gasteiger partial charge in [-0.2, -0.15) is 5.26 Å². The number of hydrogen-bond acceptors (Lipinski definition) is 6. The SMILES string of the molecule is N#C/C(=C\c1c(-c2ccccc2)nc2ccccn12)C(=O)Nc1sc2c(c1C(=O)NC[C@H]1CCCO1)CCCC2. The fourth-order valence-corrected chi connectivity index (χ4v) is 6.69. The number of hydrogen-bond donors (Lipinski definition) is 2. The molecule has 40 heavy (non-hydrogen) atoms. The number of carbonyl (C=O) groups excluding carboxylic acids is 2. The Balaban J connectivity index is 1.33. The predicted molar refractivity (Wildman–Crippen MR) is 155 cm³/mol. The molecule has 0 radical (unpaired) electrons. The number of benzene rings is 1. The number of thiophene rings is 1. The number of imidazole rings is 1. The van der Waals surface area contributed by atoms with Gasteiger partial charge in [0, 0.05) is 29.8 Å². The molecule has 0 unspecified atom stereocenters. The van der Waals surface area contributed by atoms with Crippen molar-refractivity contribution in [2.24, 2.45) is 0 Å². The number of anilines is 1. The van der Waals surface area contributed by atoms with E-state index in [1.54, 1.807) is 6.08 Å². The summed E-state index contributed by atoms with van der Waals surface area (Å²) >= 11 is 1.44. The normalized spacial score (nSPS) is 16.9. The molecule has 8 nitrogen and oxygen atoms in total. The van der Waals surface area contributed by atoms with E-state index in [2.05, 4.69) is 16.7 Å². The fraction of sp³-hybridized carbons (Fsp3) is 0.290. The lowest BCUT2D eigenvalue weighted by molar-refractivity contribution is -0.112. The van der Waals surface area contributed by atoms with Crippen LogP contribution >= 0.6 is 11.3 Å². The molecular weight excluding hydrogens is 522 g/mol. The lowest BCUT2D eigenvalue weighted by Crippen LogP contribution is -2.32. The van der Waals surface area contributed by atoms with E-state index in [-0.39, 0.29) is 17.6 Å². The van der Waals surface area contributed by atoms with Crippen LogP contribution in [0.3, 0.4) is 0 Å². The van der Waals surface area contributed by atoms with Gasteiger partial charge in [-0.05, 0) is 62.3 Å². The molecule has 2 amide bonds. The summed E-state index contributed by atoms with van der Waals surface area (Å²) in [4.78, 5) is 32.8. The van der Waals surface area contributed by atoms with Gasteiger partial charge in [-0.3, -0.25) is 14.0 Å². The van der Waals surface area contributed by atoms with E-state index in [1.807, 2.05) is 59.1 Å². The van der Waals surface area contributed by atoms with Gasteiger partial charge in [-0.1, -0.05) is 36.4 Å². The largest absolute Gasteiger partial charge is 0.376 e. The molecule has 1 aliphatic heterocycles. The van der Waals surface area contributed by atoms with Crippen LogP contribution in [0.15, 0.2) is 60.3 Å². The van der Waals surface area contributed by atoms with Crippen molar-refractivity contribution in [1.29, 1.82) is 5.26 Å². The molecule has 3 aromatic heterocycles. The van der Waals surface area contributed by atoms with Crippen LogP contribution in [0.5, 0.6) is 0 Å². The minimum Gasteiger partial charge on any atom is -0.376 e. The molecule has 0 spiro atoms. The molecule has 1 aromatic carbocycles. The molecule has 1 aliphatic carbocycles. The monoisotopic (exact) mass is 551 g/mol. The van der Waals surface area contributed by atoms with Crippen LogP contribution < -0.4 is 10.6 Å². The van der Waals surface area contributed by atoms with Crippen molar-refractivity contribution in [3.8, 4) is 17.3 Å². The number of amides is 2. The number of aryl methyl sites for hydroxylation is 1. The van der Waals surface area contributed by atoms with Gasteiger partial charge in [0.15, 0.2) is 0 Å². The van der Waals surface area contributed by atoms with E-state index in [0.717, 1.165) is 61.1 Å². The van der Waals surface area contributed by atoms with Gasteiger partial charge in [0.2, 0.25) is 0 Å². The number of aromatic nitrogens is 2. The summed E-state index contributed by atoms with van der Waals surface area (Å²) in [6.07, 6.45) is 9.11. The van der Waals surface area contributed by atoms with Gasteiger partial charge in [-0.25, -0.2) is 4.98 Å². The molecule has 1 saturated heterocycles. The summed E-state index contributed by atoms with van der Waals surface area (Å²) in [5.74, 6) is -0.764. The van der Waals surface area contributed by atoms with Crippen LogP contribution in [0.25, 0.3) is 23.0 Å². The summed E-state index contributed by atoms with van der Waals surface area (Å²) in [7, 11) is 0. The first-order chi connectivity index (χ1) is 19.6. The van der Waals surface area contributed by atoms with Crippen LogP contribution in [0.1, 0.15) is 52.2 Å². The van der Waals surface area contributed by atoms with Crippen molar-refractivity contribution in [2.45, 2.75) is 44.6 Å². The van der Waals surface area contributed by atoms with E-state index >= 15 is 0 Å². The smallest absolute Gasteiger partial charge is 0.267 e. The Bertz CT molecular complexity index is 1640. The third-order valence-electron chi connectivity index (χ3n) is 7.40. The van der Waals surface area contributed by atoms with E-state index < -0.39 is 5.91 Å². The van der Waals surface area contributed by atoms with E-state index in [0.29, 0.717) is 34.1 Å². The molecule has 2 aliphatic rings. The third kappa shape index (κ3) is 5.16. The van der Waals surface area contributed by atoms with Crippen molar-refractivity contribution >= 4 is 39.9 Å². The van der Waals surface area contributed by atoms with Crippen LogP contribution in [-0.4, -0.2) is 40.5 Å². The van der Waals surface area contributed by atoms with Crippen LogP contribution in [0, 0.1) is 11.3 Å². The molecule has 1 fully saturated rings. The Hall–Kier alpha value is -4.26. The third-order valence-corrected chi connectivity index (χ3v) is 8.61. The molecule has 4 heterocycles. The average molecular weight is 552 g/mol. The fourth-order valence-electron chi connectivity index (χ4n) is 5.41. The minimum atomic E-state index is -0.556. The van der Waals surface area contributed by atoms with E-state index in [1.165, 1.54) is 11.3 Å². The number of fused-ring (bicyclic) bond motifs is 2. The van der Waals surface area contributed by atoms with Crippen molar-refractivity contribution in [3.63, 3.8) is 0 Å². The van der Waals surface area contributed by atoms with Gasteiger partial charge >= 0.3 is 0 Å². The highest BCUT2D eigenvalue weighted by molar-refractivity contribution is 7.17. The number of nitrogens with one attached hydrogen (secondary N) is 2. The lowest BCUT2D eigenvalue weighted by atomic mass is 9.95. The zero-order chi connectivity index (χ0) is 27.5. The predicted octanol–water partition coefficient (Wildman–Crippen LogP) is 5.40. The second kappa shape index (κ2) is 11.5. The summed E-state index contributed by atoms with van der Waals surface area (Å²) in [5, 5.41) is 16.5. The first-order valence-corrected chi connectivity index (χ1v) is 14.4. The van der Waals surface area contributed by atoms with Crippen molar-refractivity contribution in [1.82, 2.24) is 14.7 Å². The van der Waals surface area contributed by atoms with Crippen LogP contribution in [0.4, 0.5) is 5.00 Å². The zero-order valence-corrected chi connectivity index (χ0v) is 22.8. The number of rotatable bonds is 7. The maximum absolute atomic E-state index is 13.5. The number of carbonyl (C=O) groups is 2. The molecule has 1 atom stereocenters. The number of pyridine rings is 1. The first-order valence-electron chi connectivity index (χ1n) is 13.6. The number of ether oxygens (including phenoxy) is 1. The summed E-state index contributed by atoms with van der Waals surface area (Å²) in [5.41, 5.74) is 4.35. The van der Waals surface area contributed by atoms with Crippen molar-refractivity contribution in [2.75, 3.05) is 18.5 Å². The summed E-state index contributed by atoms with van der Waals surface area (Å²) < 4.78 is 7.53. The first kappa shape index (κ1) is 26.0. The van der Waals surface area contributed by atoms with Gasteiger partial charge < -0.3 is 15.4 Å². The molecule has 2 N–H and O–H groups in total. The van der Waals surface area contributed by atoms with Gasteiger partial charge in [0.1, 0.15) is 22.3 Å². The van der Waals surface area contributed by atoms with Crippen LogP contribution in [-0.2, 0) is 22.4 Å². The lowest BCUT2D eigenvalue weighted by Gasteiger charge is -2.15. The summed E-state index contributed by atoms with van der Waals surface area (Å²) in [6.45, 7) is 1.16. The maximum atomic E-state index is 13.5. The van der Waals surface area contributed by atoms with Gasteiger partial charge in [0.25, 0.3) is 11.8 Å². The second-order valence-electron chi connectivity index (χ2n) is 10.0. The second-order valence-corrected chi connectivity index (χ2v) is 11.1. The quantitative estimate of drug-likeness (QED) is 0.236. The molecule has 6 rings (SSSR count). The summed E-state index contributed by atoms with van der Waals surface area (Å²) in [6, 6.07) is 17.4. The Morgan fingerprint density at radius 2 is 1.95 bits per heavy atom. The molecule has 9 heteroatoms. The van der Waals surface area contributed by atoms with Gasteiger partial charge in [-0.15, -0.1) is 11.3 Å². The highest BCUT2D eigenvalue weighted by Gasteiger charge is 2.28. The number of nitriles is 1. The highest BCUT2D eigenvalue weighted by Crippen LogP contribution is 2.38. The highest BCUT2D eigenvalue weighted by atomic mass is 32.1. The number of nitrogens with zero attached hydrogens (tertiary/aromatic N) is 3. The molecular formula is C31H29N5O3S. The van der Waals surface area contributed by atoms with E-state index in [4.69, 9.17) is 9.72 Å². The zero-order valence-electron chi connectivity index (χ0n) is 22.0. The molecule has 4 aromatic rings. The Labute approximate surface area is 236 Å². The van der Waals surface area contributed by atoms with Gasteiger partial charge in [0.05, 0.1) is 23.1 Å². The van der Waals surface area contributed by atoms with Crippen molar-refractivity contribution < 1.29 is 14.3 Å². The standard InChI is InChI=1S/C31H29N5O3S/c32-18-21(17-24-28(20-9-2-1-3-10-20)34-26-14-6-7-15-36(24)26)29(37)35-31-27(23-12-4-5-13-25(23)40-31)30(38)33-19-22-11-8-16-39-22/h1-3,6-7,9-10,14-15,17,22H,4-5,8,11-13,16,19H2,(H,33,38)(H,35,37)/b21-17+/t22-/m1/s1. The van der Waals surface area contributed by atoms with Crippen LogP contribution in [0.2, 0.25) is 0 Å². The Morgan fingerprint density at radius 3 is 2.75 bits per heavy atom. The minimum absolute atomic E-state index is 0.0221. The Kier molecular flexibility index (Phi) is 7.45. The molecule has 0 bridgehead atoms. The Morgan fingerprint density at radius 1 is 1.12 bits per heavy atom. The maximum Gasteiger partial charge on any atom is 0.267 e. The van der Waals surface area contributed by atoms with E-state index in [9.17, 15) is 14.9 Å². The molecule has 202 valence electrons. The topological polar surface area (TPSA) is 109 Å². The molecule has 0 saturated carbocycles. The van der Waals surface area contributed by atoms with Crippen molar-refractivity contribution in [3.05, 3.63) is 82.0 Å². The average Bonchev–Trinajstić information content (AvgIpc) is 3.72.